The van der Waals surface area contributed by atoms with Gasteiger partial charge in [0.1, 0.15) is 5.75 Å². The third kappa shape index (κ3) is 2.41. The van der Waals surface area contributed by atoms with E-state index in [0.29, 0.717) is 17.1 Å². The van der Waals surface area contributed by atoms with E-state index in [0.717, 1.165) is 24.8 Å². The highest BCUT2D eigenvalue weighted by molar-refractivity contribution is 6.00. The van der Waals surface area contributed by atoms with Gasteiger partial charge in [-0.2, -0.15) is 0 Å². The van der Waals surface area contributed by atoms with Gasteiger partial charge in [-0.1, -0.05) is 36.8 Å². The smallest absolute Gasteiger partial charge is 0.235 e. The van der Waals surface area contributed by atoms with Gasteiger partial charge in [0.15, 0.2) is 0 Å². The summed E-state index contributed by atoms with van der Waals surface area (Å²) in [6.45, 7) is 0. The van der Waals surface area contributed by atoms with E-state index in [2.05, 4.69) is 5.32 Å². The molecular formula is C18H20N2O2. The van der Waals surface area contributed by atoms with Crippen LogP contribution in [0.25, 0.3) is 0 Å². The number of nitrogen functional groups attached to an aromatic ring is 1. The Kier molecular flexibility index (Phi) is 3.75. The van der Waals surface area contributed by atoms with Crippen LogP contribution in [0.15, 0.2) is 48.5 Å². The number of nitrogens with one attached hydrogen (secondary N) is 1. The normalized spacial score (nSPS) is 15.7. The number of rotatable bonds is 4. The number of methoxy groups -OCH3 is 1. The molecule has 0 spiro atoms. The zero-order valence-electron chi connectivity index (χ0n) is 12.6. The minimum atomic E-state index is -0.407. The summed E-state index contributed by atoms with van der Waals surface area (Å²) in [6, 6.07) is 15.3. The first-order valence-electron chi connectivity index (χ1n) is 7.46. The van der Waals surface area contributed by atoms with Crippen molar-refractivity contribution in [1.29, 1.82) is 0 Å². The summed E-state index contributed by atoms with van der Waals surface area (Å²) in [6.07, 6.45) is 2.84. The summed E-state index contributed by atoms with van der Waals surface area (Å²) >= 11 is 0. The molecule has 1 saturated carbocycles. The van der Waals surface area contributed by atoms with Gasteiger partial charge in [-0.15, -0.1) is 0 Å². The van der Waals surface area contributed by atoms with Crippen molar-refractivity contribution in [3.63, 3.8) is 0 Å². The number of nitrogens with two attached hydrogens (primary N) is 1. The molecule has 2 aromatic carbocycles. The highest BCUT2D eigenvalue weighted by atomic mass is 16.5. The van der Waals surface area contributed by atoms with Gasteiger partial charge in [0.25, 0.3) is 0 Å². The Morgan fingerprint density at radius 1 is 1.18 bits per heavy atom. The molecule has 0 bridgehead atoms. The van der Waals surface area contributed by atoms with Gasteiger partial charge in [-0.3, -0.25) is 4.79 Å². The average molecular weight is 296 g/mol. The second-order valence-corrected chi connectivity index (χ2v) is 5.71. The average Bonchev–Trinajstić information content (AvgIpc) is 2.47. The number of benzene rings is 2. The Morgan fingerprint density at radius 2 is 1.91 bits per heavy atom. The highest BCUT2D eigenvalue weighted by Gasteiger charge is 2.45. The first-order chi connectivity index (χ1) is 10.7. The molecule has 0 unspecified atom stereocenters. The van der Waals surface area contributed by atoms with Crippen LogP contribution in [0.4, 0.5) is 11.4 Å². The van der Waals surface area contributed by atoms with Crippen LogP contribution in [0.3, 0.4) is 0 Å². The lowest BCUT2D eigenvalue weighted by Gasteiger charge is -2.40. The molecule has 3 rings (SSSR count). The maximum absolute atomic E-state index is 12.8. The lowest BCUT2D eigenvalue weighted by atomic mass is 9.64. The summed E-state index contributed by atoms with van der Waals surface area (Å²) in [5.74, 6) is 0.647. The van der Waals surface area contributed by atoms with Gasteiger partial charge in [-0.05, 0) is 36.6 Å². The Labute approximate surface area is 130 Å². The molecule has 0 aliphatic heterocycles. The molecule has 0 saturated heterocycles. The van der Waals surface area contributed by atoms with Crippen molar-refractivity contribution >= 4 is 17.3 Å². The topological polar surface area (TPSA) is 64.3 Å². The Bertz CT molecular complexity index is 679. The first-order valence-corrected chi connectivity index (χ1v) is 7.46. The van der Waals surface area contributed by atoms with Crippen molar-refractivity contribution in [2.75, 3.05) is 18.2 Å². The van der Waals surface area contributed by atoms with E-state index >= 15 is 0 Å². The molecular weight excluding hydrogens is 276 g/mol. The molecule has 114 valence electrons. The van der Waals surface area contributed by atoms with E-state index in [1.165, 1.54) is 0 Å². The first kappa shape index (κ1) is 14.4. The van der Waals surface area contributed by atoms with Crippen LogP contribution >= 0.6 is 0 Å². The number of anilines is 2. The lowest BCUT2D eigenvalue weighted by molar-refractivity contribution is -0.124. The second kappa shape index (κ2) is 5.72. The largest absolute Gasteiger partial charge is 0.495 e. The summed E-state index contributed by atoms with van der Waals surface area (Å²) < 4.78 is 5.14. The maximum atomic E-state index is 12.8. The van der Waals surface area contributed by atoms with Gasteiger partial charge in [0.05, 0.1) is 18.2 Å². The number of amides is 1. The van der Waals surface area contributed by atoms with Gasteiger partial charge in [0.2, 0.25) is 5.91 Å². The standard InChI is InChI=1S/C18H20N2O2/c1-22-16-9-8-14(12-15(16)19)20-17(21)18(10-5-11-18)13-6-3-2-4-7-13/h2-4,6-9,12H,5,10-11,19H2,1H3,(H,20,21). The van der Waals surface area contributed by atoms with Crippen LogP contribution in [-0.4, -0.2) is 13.0 Å². The Hall–Kier alpha value is -2.49. The van der Waals surface area contributed by atoms with Gasteiger partial charge >= 0.3 is 0 Å². The summed E-state index contributed by atoms with van der Waals surface area (Å²) in [4.78, 5) is 12.8. The SMILES string of the molecule is COc1ccc(NC(=O)C2(c3ccccc3)CCC2)cc1N. The molecule has 0 radical (unpaired) electrons. The van der Waals surface area contributed by atoms with Crippen LogP contribution in [0, 0.1) is 0 Å². The van der Waals surface area contributed by atoms with Crippen molar-refractivity contribution in [3.8, 4) is 5.75 Å². The third-order valence-electron chi connectivity index (χ3n) is 4.46. The van der Waals surface area contributed by atoms with Crippen molar-refractivity contribution < 1.29 is 9.53 Å². The predicted octanol–water partition coefficient (Wildman–Crippen LogP) is 3.34. The fraction of sp³-hybridized carbons (Fsp3) is 0.278. The molecule has 1 aliphatic carbocycles. The molecule has 0 heterocycles. The number of hydrogen-bond donors (Lipinski definition) is 2. The summed E-state index contributed by atoms with van der Waals surface area (Å²) in [7, 11) is 1.57. The predicted molar refractivity (Wildman–Crippen MR) is 88.0 cm³/mol. The van der Waals surface area contributed by atoms with Crippen molar-refractivity contribution in [1.82, 2.24) is 0 Å². The van der Waals surface area contributed by atoms with Crippen molar-refractivity contribution in [2.45, 2.75) is 24.7 Å². The van der Waals surface area contributed by atoms with Crippen molar-refractivity contribution in [2.24, 2.45) is 0 Å². The van der Waals surface area contributed by atoms with Crippen molar-refractivity contribution in [3.05, 3.63) is 54.1 Å². The molecule has 4 nitrogen and oxygen atoms in total. The molecule has 2 aromatic rings. The quantitative estimate of drug-likeness (QED) is 0.851. The van der Waals surface area contributed by atoms with E-state index in [9.17, 15) is 4.79 Å². The molecule has 1 aliphatic rings. The lowest BCUT2D eigenvalue weighted by Crippen LogP contribution is -2.45. The molecule has 1 fully saturated rings. The van der Waals surface area contributed by atoms with E-state index in [4.69, 9.17) is 10.5 Å². The van der Waals surface area contributed by atoms with Crippen LogP contribution in [0.2, 0.25) is 0 Å². The maximum Gasteiger partial charge on any atom is 0.235 e. The minimum absolute atomic E-state index is 0.0366. The third-order valence-corrected chi connectivity index (χ3v) is 4.46. The molecule has 3 N–H and O–H groups in total. The van der Waals surface area contributed by atoms with E-state index in [1.54, 1.807) is 19.2 Å². The number of carbonyl (C=O) groups is 1. The molecule has 4 heteroatoms. The van der Waals surface area contributed by atoms with Crippen LogP contribution in [0.5, 0.6) is 5.75 Å². The summed E-state index contributed by atoms with van der Waals surface area (Å²) in [5.41, 5.74) is 7.79. The monoisotopic (exact) mass is 296 g/mol. The Balaban J connectivity index is 1.83. The number of hydrogen-bond acceptors (Lipinski definition) is 3. The van der Waals surface area contributed by atoms with Gasteiger partial charge < -0.3 is 15.8 Å². The fourth-order valence-electron chi connectivity index (χ4n) is 3.00. The highest BCUT2D eigenvalue weighted by Crippen LogP contribution is 2.44. The zero-order chi connectivity index (χ0) is 15.6. The zero-order valence-corrected chi connectivity index (χ0v) is 12.6. The van der Waals surface area contributed by atoms with Crippen LogP contribution in [0.1, 0.15) is 24.8 Å². The van der Waals surface area contributed by atoms with Gasteiger partial charge in [-0.25, -0.2) is 0 Å². The van der Waals surface area contributed by atoms with Gasteiger partial charge in [0, 0.05) is 5.69 Å². The van der Waals surface area contributed by atoms with Crippen LogP contribution in [-0.2, 0) is 10.2 Å². The fourth-order valence-corrected chi connectivity index (χ4v) is 3.00. The summed E-state index contributed by atoms with van der Waals surface area (Å²) in [5, 5.41) is 3.00. The second-order valence-electron chi connectivity index (χ2n) is 5.71. The van der Waals surface area contributed by atoms with Crippen LogP contribution < -0.4 is 15.8 Å². The minimum Gasteiger partial charge on any atom is -0.495 e. The molecule has 0 aromatic heterocycles. The molecule has 1 amide bonds. The molecule has 22 heavy (non-hydrogen) atoms. The Morgan fingerprint density at radius 3 is 2.45 bits per heavy atom. The van der Waals surface area contributed by atoms with E-state index in [1.807, 2.05) is 36.4 Å². The van der Waals surface area contributed by atoms with E-state index in [-0.39, 0.29) is 5.91 Å². The number of ether oxygens (including phenoxy) is 1. The molecule has 0 atom stereocenters. The number of carbonyl (C=O) groups excluding carboxylic acids is 1. The van der Waals surface area contributed by atoms with E-state index < -0.39 is 5.41 Å².